The first-order valence-electron chi connectivity index (χ1n) is 9.79. The lowest BCUT2D eigenvalue weighted by Gasteiger charge is -2.32. The van der Waals surface area contributed by atoms with E-state index in [4.69, 9.17) is 21.6 Å². The van der Waals surface area contributed by atoms with Crippen LogP contribution >= 0.6 is 0 Å². The van der Waals surface area contributed by atoms with Gasteiger partial charge in [0.15, 0.2) is 0 Å². The van der Waals surface area contributed by atoms with Crippen LogP contribution in [0.4, 0.5) is 0 Å². The predicted octanol–water partition coefficient (Wildman–Crippen LogP) is 1.28. The van der Waals surface area contributed by atoms with Gasteiger partial charge in [-0.25, -0.2) is 4.98 Å². The van der Waals surface area contributed by atoms with Crippen LogP contribution in [-0.2, 0) is 22.7 Å². The molecule has 0 atom stereocenters. The molecular weight excluding hydrogens is 215 g/mol. The molecule has 94 valence electrons. The third-order valence-corrected chi connectivity index (χ3v) is 3.32. The van der Waals surface area contributed by atoms with E-state index in [2.05, 4.69) is 4.98 Å². The first kappa shape index (κ1) is 5.45. The Hall–Kier alpha value is -0.805. The molecule has 1 aliphatic rings. The summed E-state index contributed by atoms with van der Waals surface area (Å²) < 4.78 is 81.1. The maximum atomic E-state index is 8.03. The zero-order valence-electron chi connectivity index (χ0n) is 19.3. The molecule has 0 unspecified atom stereocenters. The Morgan fingerprint density at radius 1 is 1.47 bits per heavy atom. The van der Waals surface area contributed by atoms with Gasteiger partial charge in [-0.2, -0.15) is 0 Å². The molecule has 0 amide bonds. The minimum absolute atomic E-state index is 0.341. The smallest absolute Gasteiger partial charge is 0.398 e. The topological polar surface area (TPSA) is 36.3 Å². The monoisotopic (exact) mass is 245 g/mol. The second-order valence-electron chi connectivity index (χ2n) is 4.98. The van der Waals surface area contributed by atoms with E-state index in [9.17, 15) is 0 Å². The highest BCUT2D eigenvalue weighted by molar-refractivity contribution is 6.61. The van der Waals surface area contributed by atoms with Crippen molar-refractivity contribution in [2.75, 3.05) is 0 Å². The Kier molecular flexibility index (Phi) is 1.23. The van der Waals surface area contributed by atoms with Gasteiger partial charge in [-0.05, 0) is 27.7 Å². The molecule has 1 aliphatic heterocycles. The third-order valence-electron chi connectivity index (χ3n) is 3.32. The Bertz CT molecular complexity index is 693. The highest BCUT2D eigenvalue weighted by Gasteiger charge is 2.52. The van der Waals surface area contributed by atoms with Crippen LogP contribution in [0.2, 0.25) is 0 Å². The summed E-state index contributed by atoms with van der Waals surface area (Å²) in [7, 11) is -1.30. The van der Waals surface area contributed by atoms with E-state index in [1.165, 1.54) is 0 Å². The van der Waals surface area contributed by atoms with Gasteiger partial charge in [0, 0.05) is 30.5 Å². The summed E-state index contributed by atoms with van der Waals surface area (Å²) in [6.45, 7) is 0.759. The number of aryl methyl sites for hydroxylation is 1. The van der Waals surface area contributed by atoms with Gasteiger partial charge in [0.2, 0.25) is 0 Å². The van der Waals surface area contributed by atoms with Gasteiger partial charge in [-0.15, -0.1) is 0 Å². The van der Waals surface area contributed by atoms with Crippen LogP contribution in [0.5, 0.6) is 0 Å². The van der Waals surface area contributed by atoms with Crippen LogP contribution in [0.15, 0.2) is 6.17 Å². The lowest BCUT2D eigenvalue weighted by Crippen LogP contribution is -2.41. The van der Waals surface area contributed by atoms with Crippen LogP contribution in [0, 0.1) is 0 Å². The van der Waals surface area contributed by atoms with E-state index in [1.54, 1.807) is 27.7 Å². The molecule has 0 saturated carbocycles. The summed E-state index contributed by atoms with van der Waals surface area (Å²) in [4.78, 5) is 3.63. The zero-order chi connectivity index (χ0) is 20.5. The lowest BCUT2D eigenvalue weighted by molar-refractivity contribution is 0.00578. The van der Waals surface area contributed by atoms with Crippen molar-refractivity contribution in [3.63, 3.8) is 0 Å². The van der Waals surface area contributed by atoms with Gasteiger partial charge >= 0.3 is 7.12 Å². The fourth-order valence-corrected chi connectivity index (χ4v) is 1.52. The van der Waals surface area contributed by atoms with Gasteiger partial charge in [0.1, 0.15) is 5.82 Å². The highest BCUT2D eigenvalue weighted by atomic mass is 16.7. The molecule has 1 aromatic heterocycles. The molecule has 4 nitrogen and oxygen atoms in total. The minimum atomic E-state index is -3.18. The van der Waals surface area contributed by atoms with E-state index in [1.807, 2.05) is 0 Å². The molecule has 17 heavy (non-hydrogen) atoms. The van der Waals surface area contributed by atoms with E-state index in [0.717, 1.165) is 0 Å². The van der Waals surface area contributed by atoms with Gasteiger partial charge in [-0.1, -0.05) is 6.85 Å². The molecule has 1 aromatic rings. The van der Waals surface area contributed by atoms with Crippen molar-refractivity contribution in [2.45, 2.75) is 52.1 Å². The second kappa shape index (κ2) is 3.85. The molecule has 0 bridgehead atoms. The molecule has 0 spiro atoms. The van der Waals surface area contributed by atoms with Gasteiger partial charge in [0.25, 0.3) is 0 Å². The average Bonchev–Trinajstić information content (AvgIpc) is 2.82. The summed E-state index contributed by atoms with van der Waals surface area (Å²) in [6.07, 6.45) is -3.69. The summed E-state index contributed by atoms with van der Waals surface area (Å²) in [5.74, 6) is -0.882. The largest absolute Gasteiger partial charge is 0.514 e. The van der Waals surface area contributed by atoms with Gasteiger partial charge < -0.3 is 13.9 Å². The summed E-state index contributed by atoms with van der Waals surface area (Å²) in [5.41, 5.74) is -2.01. The van der Waals surface area contributed by atoms with Crippen LogP contribution < -0.4 is 5.59 Å². The minimum Gasteiger partial charge on any atom is -0.398 e. The van der Waals surface area contributed by atoms with Crippen molar-refractivity contribution >= 4 is 12.7 Å². The molecule has 2 heterocycles. The maximum Gasteiger partial charge on any atom is 0.514 e. The Morgan fingerprint density at radius 3 is 2.65 bits per heavy atom. The fourth-order valence-electron chi connectivity index (χ4n) is 1.52. The summed E-state index contributed by atoms with van der Waals surface area (Å²) in [5, 5.41) is 0. The van der Waals surface area contributed by atoms with E-state index < -0.39 is 50.5 Å². The lowest BCUT2D eigenvalue weighted by atomic mass is 9.85. The molecule has 0 aromatic carbocycles. The normalized spacial score (nSPS) is 32.2. The molecule has 5 heteroatoms. The van der Waals surface area contributed by atoms with Crippen LogP contribution in [0.25, 0.3) is 0 Å². The number of nitrogens with zero attached hydrogens (tertiary/aromatic N) is 2. The van der Waals surface area contributed by atoms with Crippen molar-refractivity contribution in [1.29, 1.82) is 0 Å². The number of hydrogen-bond donors (Lipinski definition) is 0. The predicted molar refractivity (Wildman–Crippen MR) is 68.3 cm³/mol. The summed E-state index contributed by atoms with van der Waals surface area (Å²) in [6, 6.07) is 0. The molecule has 0 aliphatic carbocycles. The van der Waals surface area contributed by atoms with Crippen LogP contribution in [0.1, 0.15) is 52.7 Å². The zero-order valence-corrected chi connectivity index (χ0v) is 10.3. The molecule has 1 saturated heterocycles. The van der Waals surface area contributed by atoms with Crippen LogP contribution in [-0.4, -0.2) is 27.9 Å². The fraction of sp³-hybridized carbons (Fsp3) is 0.750. The van der Waals surface area contributed by atoms with Gasteiger partial charge in [0.05, 0.1) is 18.2 Å². The number of rotatable bonds is 2. The Morgan fingerprint density at radius 2 is 2.12 bits per heavy atom. The van der Waals surface area contributed by atoms with Gasteiger partial charge in [-0.3, -0.25) is 0 Å². The molecule has 1 fully saturated rings. The first-order chi connectivity index (χ1) is 11.3. The van der Waals surface area contributed by atoms with Crippen molar-refractivity contribution in [2.24, 2.45) is 6.98 Å². The highest BCUT2D eigenvalue weighted by Crippen LogP contribution is 2.36. The average molecular weight is 245 g/mol. The quantitative estimate of drug-likeness (QED) is 0.736. The maximum absolute atomic E-state index is 8.03. The number of aromatic nitrogens is 2. The standard InChI is InChI=1S/C12H21BN2O2/c1-7-10-14-8-9(15(10)6)13-16-11(2,3)12(4,5)17-13/h8H,7H2,1-6H3/i1D3,6D3,7D2,8D. The van der Waals surface area contributed by atoms with E-state index in [-0.39, 0.29) is 5.59 Å². The summed E-state index contributed by atoms with van der Waals surface area (Å²) >= 11 is 0. The molecule has 0 N–H and O–H groups in total. The Labute approximate surface area is 116 Å². The van der Waals surface area contributed by atoms with Crippen molar-refractivity contribution in [3.8, 4) is 0 Å². The number of imidazole rings is 1. The van der Waals surface area contributed by atoms with Crippen molar-refractivity contribution in [1.82, 2.24) is 9.55 Å². The van der Waals surface area contributed by atoms with Crippen molar-refractivity contribution < 1.29 is 21.6 Å². The first-order valence-corrected chi connectivity index (χ1v) is 5.29. The molecular formula is C12H21BN2O2. The third kappa shape index (κ3) is 1.91. The molecule has 0 radical (unpaired) electrons. The number of hydrogen-bond acceptors (Lipinski definition) is 3. The van der Waals surface area contributed by atoms with E-state index in [0.29, 0.717) is 4.57 Å². The van der Waals surface area contributed by atoms with E-state index >= 15 is 0 Å². The SMILES string of the molecule is [2H]c1nc(C([2H])([2H])C([2H])([2H])[2H])n(C([2H])([2H])[2H])c1B1OC(C)(C)C(C)(C)O1. The second-order valence-corrected chi connectivity index (χ2v) is 4.98. The van der Waals surface area contributed by atoms with Crippen LogP contribution in [0.3, 0.4) is 0 Å². The Balaban J connectivity index is 2.71. The molecule has 2 rings (SSSR count). The van der Waals surface area contributed by atoms with Crippen molar-refractivity contribution in [3.05, 3.63) is 12.0 Å².